The number of anilines is 2. The molecule has 1 amide bonds. The van der Waals surface area contributed by atoms with Gasteiger partial charge in [0.15, 0.2) is 5.82 Å². The minimum absolute atomic E-state index is 0.102. The monoisotopic (exact) mass is 273 g/mol. The van der Waals surface area contributed by atoms with Crippen LogP contribution < -0.4 is 11.5 Å². The van der Waals surface area contributed by atoms with Crippen LogP contribution in [0, 0.1) is 5.82 Å². The number of halogens is 1. The van der Waals surface area contributed by atoms with E-state index in [0.29, 0.717) is 11.1 Å². The summed E-state index contributed by atoms with van der Waals surface area (Å²) >= 11 is 0. The van der Waals surface area contributed by atoms with Crippen LogP contribution in [0.2, 0.25) is 0 Å². The fraction of sp³-hybridized carbons (Fsp3) is 0.133. The molecule has 2 aromatic rings. The zero-order valence-corrected chi connectivity index (χ0v) is 11.4. The van der Waals surface area contributed by atoms with Gasteiger partial charge in [0.05, 0.1) is 11.4 Å². The first-order chi connectivity index (χ1) is 9.43. The van der Waals surface area contributed by atoms with Gasteiger partial charge in [0.1, 0.15) is 0 Å². The van der Waals surface area contributed by atoms with E-state index in [2.05, 4.69) is 0 Å². The van der Waals surface area contributed by atoms with Crippen molar-refractivity contribution in [1.29, 1.82) is 0 Å². The van der Waals surface area contributed by atoms with E-state index in [-0.39, 0.29) is 22.8 Å². The summed E-state index contributed by atoms with van der Waals surface area (Å²) in [4.78, 5) is 13.6. The normalized spacial score (nSPS) is 10.3. The van der Waals surface area contributed by atoms with E-state index >= 15 is 0 Å². The Morgan fingerprint density at radius 3 is 2.35 bits per heavy atom. The van der Waals surface area contributed by atoms with Crippen LogP contribution in [-0.2, 0) is 0 Å². The zero-order valence-electron chi connectivity index (χ0n) is 11.4. The number of carbonyl (C=O) groups is 1. The number of rotatable bonds is 2. The van der Waals surface area contributed by atoms with Crippen molar-refractivity contribution in [2.75, 3.05) is 25.6 Å². The topological polar surface area (TPSA) is 72.3 Å². The van der Waals surface area contributed by atoms with E-state index in [1.54, 1.807) is 38.4 Å². The predicted octanol–water partition coefficient (Wildman–Crippen LogP) is 2.36. The molecule has 104 valence electrons. The van der Waals surface area contributed by atoms with Crippen LogP contribution in [0.15, 0.2) is 36.4 Å². The van der Waals surface area contributed by atoms with Gasteiger partial charge in [-0.3, -0.25) is 4.79 Å². The lowest BCUT2D eigenvalue weighted by molar-refractivity contribution is 0.0828. The number of hydrogen-bond acceptors (Lipinski definition) is 3. The maximum Gasteiger partial charge on any atom is 0.253 e. The van der Waals surface area contributed by atoms with Gasteiger partial charge in [-0.2, -0.15) is 0 Å². The lowest BCUT2D eigenvalue weighted by Gasteiger charge is -2.15. The van der Waals surface area contributed by atoms with Gasteiger partial charge in [-0.1, -0.05) is 18.2 Å². The Morgan fingerprint density at radius 2 is 1.70 bits per heavy atom. The molecule has 0 aliphatic heterocycles. The number of carbonyl (C=O) groups excluding carboxylic acids is 1. The van der Waals surface area contributed by atoms with Crippen LogP contribution in [0.25, 0.3) is 11.1 Å². The molecular weight excluding hydrogens is 257 g/mol. The van der Waals surface area contributed by atoms with Crippen molar-refractivity contribution in [3.8, 4) is 11.1 Å². The second-order valence-corrected chi connectivity index (χ2v) is 4.68. The molecule has 20 heavy (non-hydrogen) atoms. The molecule has 0 bridgehead atoms. The van der Waals surface area contributed by atoms with Gasteiger partial charge in [-0.25, -0.2) is 4.39 Å². The van der Waals surface area contributed by atoms with Gasteiger partial charge >= 0.3 is 0 Å². The molecule has 0 spiro atoms. The Kier molecular flexibility index (Phi) is 3.61. The quantitative estimate of drug-likeness (QED) is 0.825. The summed E-state index contributed by atoms with van der Waals surface area (Å²) in [6, 6.07) is 9.88. The minimum atomic E-state index is -0.607. The van der Waals surface area contributed by atoms with Crippen molar-refractivity contribution in [3.05, 3.63) is 47.8 Å². The van der Waals surface area contributed by atoms with Crippen LogP contribution in [0.1, 0.15) is 10.4 Å². The van der Waals surface area contributed by atoms with Gasteiger partial charge in [0, 0.05) is 25.2 Å². The molecule has 0 aliphatic rings. The Bertz CT molecular complexity index is 668. The van der Waals surface area contributed by atoms with Gasteiger partial charge < -0.3 is 16.4 Å². The van der Waals surface area contributed by atoms with Crippen LogP contribution in [0.5, 0.6) is 0 Å². The smallest absolute Gasteiger partial charge is 0.253 e. The first-order valence-electron chi connectivity index (χ1n) is 6.08. The molecule has 0 unspecified atom stereocenters. The molecule has 0 radical (unpaired) electrons. The fourth-order valence-electron chi connectivity index (χ4n) is 1.96. The van der Waals surface area contributed by atoms with Gasteiger partial charge in [-0.15, -0.1) is 0 Å². The first-order valence-corrected chi connectivity index (χ1v) is 6.08. The molecule has 5 heteroatoms. The summed E-state index contributed by atoms with van der Waals surface area (Å²) in [5.74, 6) is -0.806. The van der Waals surface area contributed by atoms with Gasteiger partial charge in [-0.05, 0) is 23.8 Å². The lowest BCUT2D eigenvalue weighted by atomic mass is 9.97. The Hall–Kier alpha value is -2.56. The SMILES string of the molecule is CN(C)C(=O)c1ccccc1-c1ccc(N)c(N)c1F. The highest BCUT2D eigenvalue weighted by Gasteiger charge is 2.18. The third-order valence-corrected chi connectivity index (χ3v) is 3.07. The molecule has 0 saturated heterocycles. The Morgan fingerprint density at radius 1 is 1.05 bits per heavy atom. The highest BCUT2D eigenvalue weighted by atomic mass is 19.1. The number of hydrogen-bond donors (Lipinski definition) is 2. The van der Waals surface area contributed by atoms with Crippen LogP contribution in [0.3, 0.4) is 0 Å². The van der Waals surface area contributed by atoms with Crippen molar-refractivity contribution in [2.24, 2.45) is 0 Å². The molecule has 0 heterocycles. The van der Waals surface area contributed by atoms with E-state index in [9.17, 15) is 9.18 Å². The average molecular weight is 273 g/mol. The van der Waals surface area contributed by atoms with E-state index in [4.69, 9.17) is 11.5 Å². The predicted molar refractivity (Wildman–Crippen MR) is 78.7 cm³/mol. The molecule has 0 aliphatic carbocycles. The zero-order chi connectivity index (χ0) is 14.9. The summed E-state index contributed by atoms with van der Waals surface area (Å²) in [7, 11) is 3.29. The minimum Gasteiger partial charge on any atom is -0.397 e. The maximum atomic E-state index is 14.3. The van der Waals surface area contributed by atoms with Crippen LogP contribution in [0.4, 0.5) is 15.8 Å². The Labute approximate surface area is 116 Å². The molecule has 4 N–H and O–H groups in total. The summed E-state index contributed by atoms with van der Waals surface area (Å²) in [5.41, 5.74) is 12.4. The first kappa shape index (κ1) is 13.9. The van der Waals surface area contributed by atoms with Crippen molar-refractivity contribution in [2.45, 2.75) is 0 Å². The molecule has 0 fully saturated rings. The molecule has 2 rings (SSSR count). The Balaban J connectivity index is 2.65. The standard InChI is InChI=1S/C15H16FN3O/c1-19(2)15(20)11-6-4-3-5-9(11)10-7-8-12(17)14(18)13(10)16/h3-8H,17-18H2,1-2H3. The highest BCUT2D eigenvalue weighted by molar-refractivity contribution is 6.01. The summed E-state index contributed by atoms with van der Waals surface area (Å²) in [6.07, 6.45) is 0. The van der Waals surface area contributed by atoms with Crippen molar-refractivity contribution in [3.63, 3.8) is 0 Å². The van der Waals surface area contributed by atoms with Crippen LogP contribution >= 0.6 is 0 Å². The lowest BCUT2D eigenvalue weighted by Crippen LogP contribution is -2.22. The summed E-state index contributed by atoms with van der Waals surface area (Å²) in [5, 5.41) is 0. The molecule has 0 aromatic heterocycles. The molecule has 2 aromatic carbocycles. The summed E-state index contributed by atoms with van der Waals surface area (Å²) < 4.78 is 14.3. The van der Waals surface area contributed by atoms with Gasteiger partial charge in [0.25, 0.3) is 5.91 Å². The van der Waals surface area contributed by atoms with E-state index in [1.165, 1.54) is 17.0 Å². The second-order valence-electron chi connectivity index (χ2n) is 4.68. The maximum absolute atomic E-state index is 14.3. The molecule has 0 atom stereocenters. The fourth-order valence-corrected chi connectivity index (χ4v) is 1.96. The number of amides is 1. The molecule has 0 saturated carbocycles. The average Bonchev–Trinajstić information content (AvgIpc) is 2.44. The van der Waals surface area contributed by atoms with E-state index < -0.39 is 5.82 Å². The number of nitrogen functional groups attached to an aromatic ring is 2. The number of nitrogens with two attached hydrogens (primary N) is 2. The molecule has 4 nitrogen and oxygen atoms in total. The highest BCUT2D eigenvalue weighted by Crippen LogP contribution is 2.32. The second kappa shape index (κ2) is 5.21. The van der Waals surface area contributed by atoms with E-state index in [0.717, 1.165) is 0 Å². The van der Waals surface area contributed by atoms with Crippen molar-refractivity contribution < 1.29 is 9.18 Å². The largest absolute Gasteiger partial charge is 0.397 e. The molecular formula is C15H16FN3O. The van der Waals surface area contributed by atoms with E-state index in [1.807, 2.05) is 0 Å². The summed E-state index contributed by atoms with van der Waals surface area (Å²) in [6.45, 7) is 0. The third kappa shape index (κ3) is 2.30. The van der Waals surface area contributed by atoms with Crippen molar-refractivity contribution in [1.82, 2.24) is 4.90 Å². The van der Waals surface area contributed by atoms with Crippen molar-refractivity contribution >= 4 is 17.3 Å². The number of benzene rings is 2. The van der Waals surface area contributed by atoms with Gasteiger partial charge in [0.2, 0.25) is 0 Å². The van der Waals surface area contributed by atoms with Crippen LogP contribution in [-0.4, -0.2) is 24.9 Å². The third-order valence-electron chi connectivity index (χ3n) is 3.07. The number of nitrogens with zero attached hydrogens (tertiary/aromatic N) is 1.